The summed E-state index contributed by atoms with van der Waals surface area (Å²) in [5.41, 5.74) is 3.70. The zero-order valence-electron chi connectivity index (χ0n) is 24.5. The van der Waals surface area contributed by atoms with Gasteiger partial charge in [0.1, 0.15) is 12.6 Å². The van der Waals surface area contributed by atoms with Gasteiger partial charge in [-0.05, 0) is 80.6 Å². The average molecular weight is 598 g/mol. The topological polar surface area (TPSA) is 86.8 Å². The zero-order valence-corrected chi connectivity index (χ0v) is 26.1. The first kappa shape index (κ1) is 32.2. The Bertz CT molecular complexity index is 1440. The fraction of sp³-hybridized carbons (Fsp3) is 0.375. The number of carbonyl (C=O) groups excluding carboxylic acids is 2. The molecule has 1 atom stereocenters. The summed E-state index contributed by atoms with van der Waals surface area (Å²) in [4.78, 5) is 29.0. The Morgan fingerprint density at radius 2 is 1.54 bits per heavy atom. The standard InChI is InChI=1S/C32H40ClN3O4S/c1-6-8-19-34-32(38)29(7-2)35(21-26-13-15-27(33)16-14-26)31(37)22-36(30-20-24(4)9-12-25(30)5)41(39,40)28-17-10-23(3)11-18-28/h9-18,20,29H,6-8,19,21-22H2,1-5H3,(H,34,38)/t29-/m0/s1. The van der Waals surface area contributed by atoms with E-state index in [9.17, 15) is 18.0 Å². The van der Waals surface area contributed by atoms with Crippen molar-refractivity contribution in [3.05, 3.63) is 94.0 Å². The number of amides is 2. The molecule has 0 aliphatic heterocycles. The number of nitrogens with one attached hydrogen (secondary N) is 1. The maximum absolute atomic E-state index is 14.2. The van der Waals surface area contributed by atoms with Gasteiger partial charge < -0.3 is 10.2 Å². The number of benzene rings is 3. The average Bonchev–Trinajstić information content (AvgIpc) is 2.94. The largest absolute Gasteiger partial charge is 0.354 e. The summed E-state index contributed by atoms with van der Waals surface area (Å²) in [6, 6.07) is 18.4. The Balaban J connectivity index is 2.07. The number of carbonyl (C=O) groups is 2. The lowest BCUT2D eigenvalue weighted by Crippen LogP contribution is -2.52. The quantitative estimate of drug-likeness (QED) is 0.238. The van der Waals surface area contributed by atoms with Crippen molar-refractivity contribution in [1.29, 1.82) is 0 Å². The van der Waals surface area contributed by atoms with E-state index < -0.39 is 28.5 Å². The minimum Gasteiger partial charge on any atom is -0.354 e. The molecule has 3 rings (SSSR count). The summed E-state index contributed by atoms with van der Waals surface area (Å²) in [5.74, 6) is -0.739. The third-order valence-electron chi connectivity index (χ3n) is 7.00. The fourth-order valence-corrected chi connectivity index (χ4v) is 6.15. The first-order valence-electron chi connectivity index (χ1n) is 14.0. The maximum atomic E-state index is 14.2. The minimum absolute atomic E-state index is 0.0883. The Morgan fingerprint density at radius 3 is 2.15 bits per heavy atom. The van der Waals surface area contributed by atoms with E-state index in [1.165, 1.54) is 9.21 Å². The lowest BCUT2D eigenvalue weighted by molar-refractivity contribution is -0.140. The van der Waals surface area contributed by atoms with Crippen LogP contribution in [0.2, 0.25) is 5.02 Å². The second kappa shape index (κ2) is 14.5. The van der Waals surface area contributed by atoms with E-state index in [2.05, 4.69) is 5.32 Å². The molecule has 0 saturated carbocycles. The molecule has 0 bridgehead atoms. The lowest BCUT2D eigenvalue weighted by atomic mass is 10.1. The van der Waals surface area contributed by atoms with Crippen LogP contribution < -0.4 is 9.62 Å². The van der Waals surface area contributed by atoms with Gasteiger partial charge in [0, 0.05) is 18.1 Å². The molecule has 0 fully saturated rings. The van der Waals surface area contributed by atoms with Crippen LogP contribution in [0.15, 0.2) is 71.6 Å². The summed E-state index contributed by atoms with van der Waals surface area (Å²) in [6.45, 7) is 9.63. The molecule has 0 spiro atoms. The Hall–Kier alpha value is -3.36. The van der Waals surface area contributed by atoms with Crippen LogP contribution in [0.4, 0.5) is 5.69 Å². The summed E-state index contributed by atoms with van der Waals surface area (Å²) in [5, 5.41) is 3.50. The normalized spacial score (nSPS) is 12.0. The number of nitrogens with zero attached hydrogens (tertiary/aromatic N) is 2. The highest BCUT2D eigenvalue weighted by atomic mass is 35.5. The molecule has 0 radical (unpaired) electrons. The van der Waals surface area contributed by atoms with Gasteiger partial charge in [0.05, 0.1) is 10.6 Å². The maximum Gasteiger partial charge on any atom is 0.264 e. The SMILES string of the molecule is CCCCNC(=O)[C@H](CC)N(Cc1ccc(Cl)cc1)C(=O)CN(c1cc(C)ccc1C)S(=O)(=O)c1ccc(C)cc1. The van der Waals surface area contributed by atoms with Gasteiger partial charge in [0.25, 0.3) is 10.0 Å². The second-order valence-electron chi connectivity index (χ2n) is 10.3. The summed E-state index contributed by atoms with van der Waals surface area (Å²) in [7, 11) is -4.12. The molecule has 7 nitrogen and oxygen atoms in total. The molecule has 2 amide bonds. The van der Waals surface area contributed by atoms with E-state index in [1.54, 1.807) is 54.6 Å². The molecule has 41 heavy (non-hydrogen) atoms. The molecular formula is C32H40ClN3O4S. The number of halogens is 1. The van der Waals surface area contributed by atoms with Crippen LogP contribution in [-0.2, 0) is 26.2 Å². The van der Waals surface area contributed by atoms with Gasteiger partial charge in [-0.15, -0.1) is 0 Å². The van der Waals surface area contributed by atoms with Crippen molar-refractivity contribution in [1.82, 2.24) is 10.2 Å². The van der Waals surface area contributed by atoms with Crippen LogP contribution in [0.5, 0.6) is 0 Å². The van der Waals surface area contributed by atoms with Crippen molar-refractivity contribution >= 4 is 39.1 Å². The van der Waals surface area contributed by atoms with Gasteiger partial charge in [-0.2, -0.15) is 0 Å². The molecule has 0 aliphatic rings. The molecule has 220 valence electrons. The molecule has 0 unspecified atom stereocenters. The number of aryl methyl sites for hydroxylation is 3. The molecule has 3 aromatic carbocycles. The number of anilines is 1. The van der Waals surface area contributed by atoms with Crippen molar-refractivity contribution in [3.63, 3.8) is 0 Å². The molecule has 0 aliphatic carbocycles. The number of unbranched alkanes of at least 4 members (excludes halogenated alkanes) is 1. The van der Waals surface area contributed by atoms with Crippen LogP contribution in [0.1, 0.15) is 55.4 Å². The van der Waals surface area contributed by atoms with Crippen LogP contribution in [0, 0.1) is 20.8 Å². The summed E-state index contributed by atoms with van der Waals surface area (Å²) < 4.78 is 29.3. The van der Waals surface area contributed by atoms with Gasteiger partial charge >= 0.3 is 0 Å². The molecule has 0 aromatic heterocycles. The van der Waals surface area contributed by atoms with Crippen molar-refractivity contribution in [2.75, 3.05) is 17.4 Å². The van der Waals surface area contributed by atoms with Crippen molar-refractivity contribution < 1.29 is 18.0 Å². The Morgan fingerprint density at radius 1 is 0.902 bits per heavy atom. The fourth-order valence-electron chi connectivity index (χ4n) is 4.55. The number of hydrogen-bond donors (Lipinski definition) is 1. The van der Waals surface area contributed by atoms with Crippen molar-refractivity contribution in [3.8, 4) is 0 Å². The van der Waals surface area contributed by atoms with Gasteiger partial charge in [0.2, 0.25) is 11.8 Å². The predicted octanol–water partition coefficient (Wildman–Crippen LogP) is 6.18. The van der Waals surface area contributed by atoms with Gasteiger partial charge in [0.15, 0.2) is 0 Å². The van der Waals surface area contributed by atoms with Crippen LogP contribution in [0.3, 0.4) is 0 Å². The monoisotopic (exact) mass is 597 g/mol. The molecule has 0 heterocycles. The lowest BCUT2D eigenvalue weighted by Gasteiger charge is -2.33. The zero-order chi connectivity index (χ0) is 30.2. The van der Waals surface area contributed by atoms with Gasteiger partial charge in [-0.1, -0.05) is 73.8 Å². The summed E-state index contributed by atoms with van der Waals surface area (Å²) in [6.07, 6.45) is 2.11. The number of hydrogen-bond acceptors (Lipinski definition) is 4. The third kappa shape index (κ3) is 8.33. The van der Waals surface area contributed by atoms with E-state index >= 15 is 0 Å². The van der Waals surface area contributed by atoms with E-state index in [1.807, 2.05) is 46.8 Å². The van der Waals surface area contributed by atoms with E-state index in [4.69, 9.17) is 11.6 Å². The molecule has 0 saturated heterocycles. The highest BCUT2D eigenvalue weighted by Crippen LogP contribution is 2.29. The molecule has 9 heteroatoms. The Kier molecular flexibility index (Phi) is 11.4. The van der Waals surface area contributed by atoms with Gasteiger partial charge in [-0.3, -0.25) is 13.9 Å². The van der Waals surface area contributed by atoms with Crippen molar-refractivity contribution in [2.24, 2.45) is 0 Å². The van der Waals surface area contributed by atoms with Crippen LogP contribution >= 0.6 is 11.6 Å². The van der Waals surface area contributed by atoms with E-state index in [0.717, 1.165) is 29.5 Å². The number of rotatable bonds is 13. The molecule has 1 N–H and O–H groups in total. The van der Waals surface area contributed by atoms with Crippen molar-refractivity contribution in [2.45, 2.75) is 71.4 Å². The molecule has 3 aromatic rings. The van der Waals surface area contributed by atoms with E-state index in [-0.39, 0.29) is 17.3 Å². The van der Waals surface area contributed by atoms with E-state index in [0.29, 0.717) is 29.2 Å². The van der Waals surface area contributed by atoms with Crippen LogP contribution in [0.25, 0.3) is 0 Å². The van der Waals surface area contributed by atoms with Gasteiger partial charge in [-0.25, -0.2) is 8.42 Å². The minimum atomic E-state index is -4.12. The first-order valence-corrected chi connectivity index (χ1v) is 15.8. The highest BCUT2D eigenvalue weighted by Gasteiger charge is 2.34. The Labute approximate surface area is 249 Å². The van der Waals surface area contributed by atoms with Crippen LogP contribution in [-0.4, -0.2) is 44.3 Å². The highest BCUT2D eigenvalue weighted by molar-refractivity contribution is 7.92. The predicted molar refractivity (Wildman–Crippen MR) is 166 cm³/mol. The number of sulfonamides is 1. The smallest absolute Gasteiger partial charge is 0.264 e. The molecular weight excluding hydrogens is 558 g/mol. The summed E-state index contributed by atoms with van der Waals surface area (Å²) >= 11 is 6.09. The second-order valence-corrected chi connectivity index (χ2v) is 12.6. The third-order valence-corrected chi connectivity index (χ3v) is 9.03. The first-order chi connectivity index (χ1) is 19.5.